The van der Waals surface area contributed by atoms with Gasteiger partial charge in [0, 0.05) is 55.5 Å². The molecule has 2 aliphatic heterocycles. The van der Waals surface area contributed by atoms with Crippen LogP contribution < -0.4 is 10.1 Å². The first-order valence-electron chi connectivity index (χ1n) is 16.0. The highest BCUT2D eigenvalue weighted by molar-refractivity contribution is 7.89. The van der Waals surface area contributed by atoms with Gasteiger partial charge in [0.2, 0.25) is 10.0 Å². The molecule has 0 aliphatic carbocycles. The molecule has 0 saturated carbocycles. The van der Waals surface area contributed by atoms with E-state index in [1.54, 1.807) is 37.4 Å². The number of ether oxygens (including phenoxy) is 2. The number of halogens is 2. The van der Waals surface area contributed by atoms with Crippen LogP contribution >= 0.6 is 0 Å². The largest absolute Gasteiger partial charge is 0.496 e. The standard InChI is InChI=1S/C36H35F2N5O5S/c1-42(18-23-9-11-48-20-23)36(44)33-29(37)13-25(14-30(33)38)28-19-43(49(45,46)21-22-6-4-3-5-7-22)35-34(28)41-31(17-40-35)26-12-24-8-10-39-16-27(24)32(15-26)47-2/h3-7,12-15,17,19,23,39H,8-11,16,18,20-21H2,1-2H3. The summed E-state index contributed by atoms with van der Waals surface area (Å²) in [7, 11) is -0.967. The van der Waals surface area contributed by atoms with Crippen molar-refractivity contribution in [1.29, 1.82) is 0 Å². The number of amides is 1. The van der Waals surface area contributed by atoms with Crippen molar-refractivity contribution in [3.63, 3.8) is 0 Å². The molecule has 1 amide bonds. The first-order valence-corrected chi connectivity index (χ1v) is 17.6. The van der Waals surface area contributed by atoms with Gasteiger partial charge in [0.25, 0.3) is 5.91 Å². The Hall–Kier alpha value is -4.72. The van der Waals surface area contributed by atoms with E-state index in [-0.39, 0.29) is 34.0 Å². The zero-order valence-corrected chi connectivity index (χ0v) is 27.9. The van der Waals surface area contributed by atoms with Gasteiger partial charge >= 0.3 is 0 Å². The third-order valence-electron chi connectivity index (χ3n) is 9.11. The van der Waals surface area contributed by atoms with Crippen LogP contribution in [0, 0.1) is 17.6 Å². The van der Waals surface area contributed by atoms with Crippen LogP contribution in [0.3, 0.4) is 0 Å². The fourth-order valence-electron chi connectivity index (χ4n) is 6.60. The Bertz CT molecular complexity index is 2130. The van der Waals surface area contributed by atoms with Crippen LogP contribution in [-0.4, -0.2) is 73.6 Å². The quantitative estimate of drug-likeness (QED) is 0.226. The number of fused-ring (bicyclic) bond motifs is 2. The summed E-state index contributed by atoms with van der Waals surface area (Å²) < 4.78 is 71.2. The lowest BCUT2D eigenvalue weighted by atomic mass is 9.96. The van der Waals surface area contributed by atoms with Crippen molar-refractivity contribution in [2.45, 2.75) is 25.1 Å². The SMILES string of the molecule is COc1cc(-c2cnc3c(n2)c(-c2cc(F)c(C(=O)N(C)CC4CCOC4)c(F)c2)cn3S(=O)(=O)Cc2ccccc2)cc2c1CNCC2. The van der Waals surface area contributed by atoms with Crippen molar-refractivity contribution in [1.82, 2.24) is 24.2 Å². The van der Waals surface area contributed by atoms with Gasteiger partial charge in [-0.1, -0.05) is 30.3 Å². The number of rotatable bonds is 9. The van der Waals surface area contributed by atoms with E-state index in [1.165, 1.54) is 24.3 Å². The zero-order valence-electron chi connectivity index (χ0n) is 27.1. The summed E-state index contributed by atoms with van der Waals surface area (Å²) >= 11 is 0. The van der Waals surface area contributed by atoms with Gasteiger partial charge in [0.1, 0.15) is 28.5 Å². The van der Waals surface area contributed by atoms with Crippen molar-refractivity contribution in [3.05, 3.63) is 101 Å². The van der Waals surface area contributed by atoms with Gasteiger partial charge in [-0.15, -0.1) is 0 Å². The molecule has 2 aliphatic rings. The van der Waals surface area contributed by atoms with E-state index in [0.717, 1.165) is 46.6 Å². The summed E-state index contributed by atoms with van der Waals surface area (Å²) in [5, 5.41) is 3.34. The van der Waals surface area contributed by atoms with Crippen molar-refractivity contribution in [2.75, 3.05) is 40.5 Å². The van der Waals surface area contributed by atoms with Gasteiger partial charge in [-0.3, -0.25) is 4.79 Å². The second-order valence-corrected chi connectivity index (χ2v) is 14.3. The molecular formula is C36H35F2N5O5S. The second-order valence-electron chi connectivity index (χ2n) is 12.5. The molecule has 1 N–H and O–H groups in total. The summed E-state index contributed by atoms with van der Waals surface area (Å²) in [6.07, 6.45) is 4.31. The van der Waals surface area contributed by atoms with Gasteiger partial charge in [0.15, 0.2) is 5.65 Å². The van der Waals surface area contributed by atoms with Crippen LogP contribution in [-0.2, 0) is 33.5 Å². The van der Waals surface area contributed by atoms with Crippen LogP contribution in [0.1, 0.15) is 33.5 Å². The van der Waals surface area contributed by atoms with Crippen molar-refractivity contribution >= 4 is 27.1 Å². The first-order chi connectivity index (χ1) is 23.6. The zero-order chi connectivity index (χ0) is 34.3. The smallest absolute Gasteiger partial charge is 0.259 e. The van der Waals surface area contributed by atoms with Gasteiger partial charge < -0.3 is 19.7 Å². The number of benzene rings is 3. The van der Waals surface area contributed by atoms with Crippen LogP contribution in [0.2, 0.25) is 0 Å². The highest BCUT2D eigenvalue weighted by Crippen LogP contribution is 2.36. The maximum atomic E-state index is 15.7. The summed E-state index contributed by atoms with van der Waals surface area (Å²) in [5.74, 6) is -2.51. The van der Waals surface area contributed by atoms with E-state index < -0.39 is 33.1 Å². The minimum Gasteiger partial charge on any atom is -0.496 e. The molecule has 13 heteroatoms. The molecule has 10 nitrogen and oxygen atoms in total. The monoisotopic (exact) mass is 687 g/mol. The summed E-state index contributed by atoms with van der Waals surface area (Å²) in [6.45, 7) is 2.83. The predicted molar refractivity (Wildman–Crippen MR) is 181 cm³/mol. The topological polar surface area (TPSA) is 116 Å². The Kier molecular flexibility index (Phi) is 8.90. The minimum absolute atomic E-state index is 0.00305. The molecule has 4 heterocycles. The van der Waals surface area contributed by atoms with Gasteiger partial charge in [0.05, 0.1) is 31.4 Å². The van der Waals surface area contributed by atoms with E-state index >= 15 is 8.78 Å². The highest BCUT2D eigenvalue weighted by Gasteiger charge is 2.28. The lowest BCUT2D eigenvalue weighted by Crippen LogP contribution is -2.33. The number of hydrogen-bond donors (Lipinski definition) is 1. The number of aromatic nitrogens is 3. The molecule has 0 spiro atoms. The molecule has 1 fully saturated rings. The van der Waals surface area contributed by atoms with E-state index in [9.17, 15) is 13.2 Å². The Balaban J connectivity index is 1.34. The molecular weight excluding hydrogens is 652 g/mol. The third-order valence-corrected chi connectivity index (χ3v) is 10.7. The number of methoxy groups -OCH3 is 1. The molecule has 49 heavy (non-hydrogen) atoms. The number of nitrogens with zero attached hydrogens (tertiary/aromatic N) is 4. The summed E-state index contributed by atoms with van der Waals surface area (Å²) in [5.41, 5.74) is 3.42. The Morgan fingerprint density at radius 3 is 2.61 bits per heavy atom. The third kappa shape index (κ3) is 6.41. The molecule has 5 aromatic rings. The van der Waals surface area contributed by atoms with Crippen LogP contribution in [0.15, 0.2) is 67.0 Å². The van der Waals surface area contributed by atoms with E-state index in [4.69, 9.17) is 14.5 Å². The maximum Gasteiger partial charge on any atom is 0.259 e. The molecule has 3 aromatic carbocycles. The molecule has 254 valence electrons. The Morgan fingerprint density at radius 1 is 1.12 bits per heavy atom. The average Bonchev–Trinajstić information content (AvgIpc) is 3.76. The molecule has 1 atom stereocenters. The second kappa shape index (κ2) is 13.3. The number of carbonyl (C=O) groups excluding carboxylic acids is 1. The maximum absolute atomic E-state index is 15.7. The molecule has 0 radical (unpaired) electrons. The fraction of sp³-hybridized carbons (Fsp3) is 0.306. The van der Waals surface area contributed by atoms with Crippen LogP contribution in [0.5, 0.6) is 5.75 Å². The normalized spacial score (nSPS) is 16.1. The number of nitrogens with one attached hydrogen (secondary N) is 1. The molecule has 1 unspecified atom stereocenters. The minimum atomic E-state index is -4.06. The Labute approximate surface area is 282 Å². The van der Waals surface area contributed by atoms with Gasteiger partial charge in [-0.25, -0.2) is 31.1 Å². The first kappa shape index (κ1) is 32.8. The molecule has 0 bridgehead atoms. The molecule has 1 saturated heterocycles. The lowest BCUT2D eigenvalue weighted by Gasteiger charge is -2.21. The van der Waals surface area contributed by atoms with Crippen molar-refractivity contribution in [2.24, 2.45) is 5.92 Å². The fourth-order valence-corrected chi connectivity index (χ4v) is 8.01. The van der Waals surface area contributed by atoms with E-state index in [0.29, 0.717) is 48.9 Å². The molecule has 2 aromatic heterocycles. The lowest BCUT2D eigenvalue weighted by molar-refractivity contribution is 0.0756. The van der Waals surface area contributed by atoms with E-state index in [2.05, 4.69) is 10.3 Å². The van der Waals surface area contributed by atoms with Crippen molar-refractivity contribution in [3.8, 4) is 28.1 Å². The van der Waals surface area contributed by atoms with Crippen LogP contribution in [0.4, 0.5) is 8.78 Å². The van der Waals surface area contributed by atoms with Crippen molar-refractivity contribution < 1.29 is 31.5 Å². The number of carbonyl (C=O) groups is 1. The van der Waals surface area contributed by atoms with E-state index in [1.807, 2.05) is 12.1 Å². The summed E-state index contributed by atoms with van der Waals surface area (Å²) in [6, 6.07) is 14.6. The summed E-state index contributed by atoms with van der Waals surface area (Å²) in [4.78, 5) is 23.9. The van der Waals surface area contributed by atoms with Gasteiger partial charge in [-0.05, 0) is 60.3 Å². The van der Waals surface area contributed by atoms with Crippen LogP contribution in [0.25, 0.3) is 33.5 Å². The molecule has 7 rings (SSSR count). The highest BCUT2D eigenvalue weighted by atomic mass is 32.2. The Morgan fingerprint density at radius 2 is 1.90 bits per heavy atom. The van der Waals surface area contributed by atoms with Gasteiger partial charge in [-0.2, -0.15) is 0 Å². The average molecular weight is 688 g/mol. The predicted octanol–water partition coefficient (Wildman–Crippen LogP) is 5.18. The number of hydrogen-bond acceptors (Lipinski definition) is 8.